The van der Waals surface area contributed by atoms with E-state index in [0.29, 0.717) is 12.8 Å². The van der Waals surface area contributed by atoms with Crippen molar-refractivity contribution in [1.82, 2.24) is 10.6 Å². The van der Waals surface area contributed by atoms with Crippen LogP contribution in [0, 0.1) is 10.8 Å². The normalized spacial score (nSPS) is 18.0. The number of allylic oxidation sites excluding steroid dienone is 1. The number of halogens is 3. The van der Waals surface area contributed by atoms with Crippen molar-refractivity contribution >= 4 is 11.6 Å². The number of aliphatic hydroxyl groups excluding tert-OH is 2. The molecule has 24 heavy (non-hydrogen) atoms. The fourth-order valence-corrected chi connectivity index (χ4v) is 2.31. The molecular weight excluding hydrogens is 327 g/mol. The predicted molar refractivity (Wildman–Crippen MR) is 82.7 cm³/mol. The summed E-state index contributed by atoms with van der Waals surface area (Å²) in [6.07, 6.45) is -2.21. The van der Waals surface area contributed by atoms with E-state index in [-0.39, 0.29) is 12.3 Å². The fraction of sp³-hybridized carbons (Fsp3) is 0.733. The van der Waals surface area contributed by atoms with Gasteiger partial charge in [0.25, 0.3) is 0 Å². The summed E-state index contributed by atoms with van der Waals surface area (Å²) in [4.78, 5) is 12.0. The van der Waals surface area contributed by atoms with Crippen LogP contribution in [-0.2, 0) is 4.79 Å². The summed E-state index contributed by atoms with van der Waals surface area (Å²) in [7, 11) is 0. The van der Waals surface area contributed by atoms with E-state index in [1.165, 1.54) is 13.8 Å². The Bertz CT molecular complexity index is 506. The van der Waals surface area contributed by atoms with Crippen LogP contribution in [0.5, 0.6) is 0 Å². The van der Waals surface area contributed by atoms with E-state index >= 15 is 0 Å². The van der Waals surface area contributed by atoms with Gasteiger partial charge in [-0.3, -0.25) is 10.1 Å². The zero-order valence-electron chi connectivity index (χ0n) is 13.8. The molecule has 1 saturated carbocycles. The quantitative estimate of drug-likeness (QED) is 0.341. The Morgan fingerprint density at radius 1 is 1.33 bits per heavy atom. The van der Waals surface area contributed by atoms with Gasteiger partial charge < -0.3 is 20.9 Å². The summed E-state index contributed by atoms with van der Waals surface area (Å²) < 4.78 is 36.4. The highest BCUT2D eigenvalue weighted by Crippen LogP contribution is 2.41. The monoisotopic (exact) mass is 351 g/mol. The largest absolute Gasteiger partial charge is 0.494 e. The number of hydrogen-bond donors (Lipinski definition) is 5. The third kappa shape index (κ3) is 5.48. The molecule has 0 bridgehead atoms. The minimum atomic E-state index is -4.32. The summed E-state index contributed by atoms with van der Waals surface area (Å²) in [5, 5.41) is 31.7. The van der Waals surface area contributed by atoms with Crippen LogP contribution in [0.2, 0.25) is 0 Å². The summed E-state index contributed by atoms with van der Waals surface area (Å²) in [5.41, 5.74) is -2.00. The average Bonchev–Trinajstić information content (AvgIpc) is 2.35. The first-order valence-corrected chi connectivity index (χ1v) is 7.66. The molecule has 0 heterocycles. The van der Waals surface area contributed by atoms with Gasteiger partial charge >= 0.3 is 6.18 Å². The molecule has 1 amide bonds. The van der Waals surface area contributed by atoms with Crippen LogP contribution in [0.25, 0.3) is 0 Å². The van der Waals surface area contributed by atoms with Crippen LogP contribution in [0.3, 0.4) is 0 Å². The standard InChI is InChI=1S/C15H24F3N3O3/c1-13(2,20-7-6-15(16,17)18)12(24)21-11(23)8-10(19)14(9-22)4-3-5-14/h8,19-20,22-23H,3-7,9H2,1-2H3,(H,21,24)/b11-8-,19-10?. The Labute approximate surface area is 138 Å². The van der Waals surface area contributed by atoms with Gasteiger partial charge in [-0.15, -0.1) is 0 Å². The van der Waals surface area contributed by atoms with E-state index < -0.39 is 41.9 Å². The van der Waals surface area contributed by atoms with Gasteiger partial charge in [0.05, 0.1) is 18.6 Å². The maximum absolute atomic E-state index is 12.1. The van der Waals surface area contributed by atoms with Gasteiger partial charge in [0, 0.05) is 23.7 Å². The highest BCUT2D eigenvalue weighted by molar-refractivity contribution is 5.99. The van der Waals surface area contributed by atoms with Crippen molar-refractivity contribution in [3.8, 4) is 0 Å². The first-order valence-electron chi connectivity index (χ1n) is 7.66. The zero-order valence-corrected chi connectivity index (χ0v) is 13.8. The second-order valence-electron chi connectivity index (χ2n) is 6.61. The average molecular weight is 351 g/mol. The van der Waals surface area contributed by atoms with Crippen LogP contribution in [-0.4, -0.2) is 46.7 Å². The van der Waals surface area contributed by atoms with Gasteiger partial charge in [0.2, 0.25) is 5.91 Å². The summed E-state index contributed by atoms with van der Waals surface area (Å²) in [5.74, 6) is -1.30. The number of rotatable bonds is 8. The van der Waals surface area contributed by atoms with E-state index in [1.54, 1.807) is 0 Å². The Morgan fingerprint density at radius 3 is 2.33 bits per heavy atom. The summed E-state index contributed by atoms with van der Waals surface area (Å²) in [6.45, 7) is 2.13. The van der Waals surface area contributed by atoms with Crippen molar-refractivity contribution in [3.05, 3.63) is 12.0 Å². The minimum absolute atomic E-state index is 0.0110. The van der Waals surface area contributed by atoms with Crippen molar-refractivity contribution in [2.75, 3.05) is 13.2 Å². The second kappa shape index (κ2) is 7.52. The Balaban J connectivity index is 2.58. The third-order valence-corrected chi connectivity index (χ3v) is 4.25. The number of nitrogens with one attached hydrogen (secondary N) is 3. The van der Waals surface area contributed by atoms with Crippen molar-refractivity contribution in [3.63, 3.8) is 0 Å². The lowest BCUT2D eigenvalue weighted by Gasteiger charge is -2.39. The molecule has 0 aromatic heterocycles. The molecule has 0 aromatic carbocycles. The SMILES string of the molecule is CC(C)(NCCC(F)(F)F)C(=O)N/C(O)=C/C(=N)C1(CO)CCC1. The summed E-state index contributed by atoms with van der Waals surface area (Å²) in [6, 6.07) is 0. The highest BCUT2D eigenvalue weighted by Gasteiger charge is 2.40. The molecule has 1 rings (SSSR count). The molecule has 0 saturated heterocycles. The van der Waals surface area contributed by atoms with Crippen molar-refractivity contribution in [2.24, 2.45) is 5.41 Å². The lowest BCUT2D eigenvalue weighted by atomic mass is 9.66. The predicted octanol–water partition coefficient (Wildman–Crippen LogP) is 2.00. The maximum Gasteiger partial charge on any atom is 0.390 e. The molecule has 1 aliphatic rings. The number of carbonyl (C=O) groups is 1. The molecular formula is C15H24F3N3O3. The Morgan fingerprint density at radius 2 is 1.92 bits per heavy atom. The van der Waals surface area contributed by atoms with Crippen molar-refractivity contribution < 1.29 is 28.2 Å². The summed E-state index contributed by atoms with van der Waals surface area (Å²) >= 11 is 0. The van der Waals surface area contributed by atoms with Gasteiger partial charge in [-0.05, 0) is 26.7 Å². The van der Waals surface area contributed by atoms with Crippen LogP contribution in [0.1, 0.15) is 39.5 Å². The van der Waals surface area contributed by atoms with Crippen LogP contribution in [0.4, 0.5) is 13.2 Å². The number of hydrogen-bond acceptors (Lipinski definition) is 5. The molecule has 9 heteroatoms. The molecule has 0 radical (unpaired) electrons. The maximum atomic E-state index is 12.1. The van der Waals surface area contributed by atoms with E-state index in [4.69, 9.17) is 5.41 Å². The van der Waals surface area contributed by atoms with E-state index in [9.17, 15) is 28.2 Å². The van der Waals surface area contributed by atoms with Gasteiger partial charge in [-0.25, -0.2) is 0 Å². The first kappa shape index (κ1) is 20.4. The molecule has 0 spiro atoms. The molecule has 0 aromatic rings. The van der Waals surface area contributed by atoms with Gasteiger partial charge in [0.15, 0.2) is 5.88 Å². The van der Waals surface area contributed by atoms with E-state index in [1.807, 2.05) is 0 Å². The zero-order chi connectivity index (χ0) is 18.6. The second-order valence-corrected chi connectivity index (χ2v) is 6.61. The molecule has 0 atom stereocenters. The molecule has 6 nitrogen and oxygen atoms in total. The number of aliphatic hydroxyl groups is 2. The van der Waals surface area contributed by atoms with Crippen molar-refractivity contribution in [2.45, 2.75) is 51.2 Å². The van der Waals surface area contributed by atoms with E-state index in [0.717, 1.165) is 12.5 Å². The molecule has 0 aliphatic heterocycles. The molecule has 1 fully saturated rings. The van der Waals surface area contributed by atoms with Gasteiger partial charge in [-0.1, -0.05) is 6.42 Å². The van der Waals surface area contributed by atoms with Crippen LogP contribution < -0.4 is 10.6 Å². The lowest BCUT2D eigenvalue weighted by molar-refractivity contribution is -0.136. The molecule has 138 valence electrons. The van der Waals surface area contributed by atoms with E-state index in [2.05, 4.69) is 10.6 Å². The highest BCUT2D eigenvalue weighted by atomic mass is 19.4. The Hall–Kier alpha value is -1.61. The Kier molecular flexibility index (Phi) is 6.40. The number of carbonyl (C=O) groups excluding carboxylic acids is 1. The first-order chi connectivity index (χ1) is 10.9. The molecule has 5 N–H and O–H groups in total. The van der Waals surface area contributed by atoms with Gasteiger partial charge in [0.1, 0.15) is 0 Å². The van der Waals surface area contributed by atoms with Crippen LogP contribution >= 0.6 is 0 Å². The molecule has 0 unspecified atom stereocenters. The smallest absolute Gasteiger partial charge is 0.390 e. The lowest BCUT2D eigenvalue weighted by Crippen LogP contribution is -2.53. The van der Waals surface area contributed by atoms with Crippen molar-refractivity contribution in [1.29, 1.82) is 5.41 Å². The van der Waals surface area contributed by atoms with Gasteiger partial charge in [-0.2, -0.15) is 13.2 Å². The fourth-order valence-electron chi connectivity index (χ4n) is 2.31. The minimum Gasteiger partial charge on any atom is -0.494 e. The number of alkyl halides is 3. The van der Waals surface area contributed by atoms with Crippen LogP contribution in [0.15, 0.2) is 12.0 Å². The molecule has 1 aliphatic carbocycles. The number of amides is 1. The topological polar surface area (TPSA) is 105 Å². The third-order valence-electron chi connectivity index (χ3n) is 4.25.